The fourth-order valence-corrected chi connectivity index (χ4v) is 8.26. The van der Waals surface area contributed by atoms with Crippen molar-refractivity contribution < 1.29 is 0 Å². The van der Waals surface area contributed by atoms with Crippen LogP contribution in [0.25, 0.3) is 55.0 Å². The molecule has 3 heterocycles. The van der Waals surface area contributed by atoms with Crippen LogP contribution in [-0.2, 0) is 0 Å². The summed E-state index contributed by atoms with van der Waals surface area (Å²) in [4.78, 5) is 12.9. The average Bonchev–Trinajstić information content (AvgIpc) is 3.71. The number of para-hydroxylation sites is 2. The van der Waals surface area contributed by atoms with Crippen LogP contribution in [0.15, 0.2) is 174 Å². The number of nitrogens with zero attached hydrogens (tertiary/aromatic N) is 5. The van der Waals surface area contributed by atoms with Gasteiger partial charge in [-0.3, -0.25) is 0 Å². The molecule has 0 saturated heterocycles. The van der Waals surface area contributed by atoms with Gasteiger partial charge in [0.15, 0.2) is 5.84 Å². The maximum Gasteiger partial charge on any atom is 0.160 e. The van der Waals surface area contributed by atoms with E-state index in [0.29, 0.717) is 5.92 Å². The predicted molar refractivity (Wildman–Crippen MR) is 217 cm³/mol. The fourth-order valence-electron chi connectivity index (χ4n) is 8.26. The Bertz CT molecular complexity index is 2800. The normalized spacial score (nSPS) is 17.6. The third-order valence-corrected chi connectivity index (χ3v) is 10.6. The molecule has 2 unspecified atom stereocenters. The van der Waals surface area contributed by atoms with E-state index in [-0.39, 0.29) is 6.17 Å². The molecular weight excluding hydrogens is 635 g/mol. The summed E-state index contributed by atoms with van der Waals surface area (Å²) in [6, 6.07) is 52.0. The zero-order valence-electron chi connectivity index (χ0n) is 29.2. The monoisotopic (exact) mass is 671 g/mol. The zero-order chi connectivity index (χ0) is 34.8. The molecule has 2 atom stereocenters. The van der Waals surface area contributed by atoms with Crippen LogP contribution >= 0.6 is 0 Å². The molecule has 2 aromatic heterocycles. The van der Waals surface area contributed by atoms with Crippen molar-refractivity contribution in [3.8, 4) is 5.69 Å². The largest absolute Gasteiger partial charge is 0.333 e. The van der Waals surface area contributed by atoms with Crippen LogP contribution in [0, 0.1) is 5.92 Å². The summed E-state index contributed by atoms with van der Waals surface area (Å²) < 4.78 is 4.84. The SMILES string of the molecule is CC1C=C(n2c3ccccc3c3cc(-n4c5ccccc5c5c(C6=NC(c7ccccc7)N(C)C(c7ccccc7)=N6)cccc54)ccc32)C=CC1. The molecule has 1 aliphatic heterocycles. The van der Waals surface area contributed by atoms with Gasteiger partial charge in [0.05, 0.1) is 22.1 Å². The fraction of sp³-hybridized carbons (Fsp3) is 0.106. The molecule has 1 aliphatic carbocycles. The van der Waals surface area contributed by atoms with Gasteiger partial charge in [-0.1, -0.05) is 128 Å². The summed E-state index contributed by atoms with van der Waals surface area (Å²) in [5.74, 6) is 2.15. The van der Waals surface area contributed by atoms with E-state index in [1.807, 2.05) is 6.07 Å². The minimum Gasteiger partial charge on any atom is -0.333 e. The first-order chi connectivity index (χ1) is 25.6. The molecule has 10 rings (SSSR count). The van der Waals surface area contributed by atoms with E-state index in [1.165, 1.54) is 32.9 Å². The Balaban J connectivity index is 1.20. The van der Waals surface area contributed by atoms with Crippen LogP contribution in [0.5, 0.6) is 0 Å². The molecule has 0 amide bonds. The van der Waals surface area contributed by atoms with Gasteiger partial charge < -0.3 is 14.0 Å². The highest BCUT2D eigenvalue weighted by Gasteiger charge is 2.28. The van der Waals surface area contributed by atoms with Crippen molar-refractivity contribution in [2.24, 2.45) is 15.9 Å². The van der Waals surface area contributed by atoms with Crippen molar-refractivity contribution in [1.82, 2.24) is 14.0 Å². The third kappa shape index (κ3) is 4.77. The second-order valence-electron chi connectivity index (χ2n) is 14.0. The molecule has 0 saturated carbocycles. The summed E-state index contributed by atoms with van der Waals surface area (Å²) in [5, 5.41) is 4.82. The molecule has 5 nitrogen and oxygen atoms in total. The number of hydrogen-bond acceptors (Lipinski definition) is 3. The van der Waals surface area contributed by atoms with Crippen molar-refractivity contribution >= 4 is 61.0 Å². The maximum absolute atomic E-state index is 5.38. The molecule has 0 spiro atoms. The summed E-state index contributed by atoms with van der Waals surface area (Å²) in [6.45, 7) is 2.29. The summed E-state index contributed by atoms with van der Waals surface area (Å²) in [6.07, 6.45) is 7.83. The highest BCUT2D eigenvalue weighted by atomic mass is 15.3. The van der Waals surface area contributed by atoms with Gasteiger partial charge in [-0.2, -0.15) is 0 Å². The van der Waals surface area contributed by atoms with Gasteiger partial charge in [-0.25, -0.2) is 9.98 Å². The molecule has 2 aliphatic rings. The second kappa shape index (κ2) is 12.1. The van der Waals surface area contributed by atoms with E-state index >= 15 is 0 Å². The minimum absolute atomic E-state index is 0.218. The number of aliphatic imine (C=N–C) groups is 2. The first kappa shape index (κ1) is 30.4. The van der Waals surface area contributed by atoms with Gasteiger partial charge in [0.1, 0.15) is 12.0 Å². The second-order valence-corrected chi connectivity index (χ2v) is 14.0. The molecule has 6 aromatic carbocycles. The minimum atomic E-state index is -0.218. The molecule has 250 valence electrons. The molecule has 0 bridgehead atoms. The lowest BCUT2D eigenvalue weighted by Crippen LogP contribution is -2.35. The maximum atomic E-state index is 5.38. The van der Waals surface area contributed by atoms with E-state index in [1.54, 1.807) is 0 Å². The molecule has 5 heteroatoms. The standard InChI is InChI=1S/C47H37N5/c1-31-15-13-20-34(29-31)51-40-24-11-9-21-36(40)39-30-35(27-28-42(39)51)52-41-25-12-10-22-37(41)44-38(23-14-26-43(44)52)45-48-46(32-16-5-3-6-17-32)50(2)47(49-45)33-18-7-4-8-19-33/h3-14,16-31,46H,15H2,1-2H3. The van der Waals surface area contributed by atoms with E-state index in [2.05, 4.69) is 186 Å². The molecular formula is C47H37N5. The quantitative estimate of drug-likeness (QED) is 0.179. The smallest absolute Gasteiger partial charge is 0.160 e. The summed E-state index contributed by atoms with van der Waals surface area (Å²) in [7, 11) is 2.09. The van der Waals surface area contributed by atoms with Crippen LogP contribution in [0.1, 0.15) is 36.2 Å². The lowest BCUT2D eigenvalue weighted by atomic mass is 10.0. The van der Waals surface area contributed by atoms with Crippen molar-refractivity contribution in [2.75, 3.05) is 7.05 Å². The summed E-state index contributed by atoms with van der Waals surface area (Å²) >= 11 is 0. The average molecular weight is 672 g/mol. The van der Waals surface area contributed by atoms with Gasteiger partial charge in [0.25, 0.3) is 0 Å². The van der Waals surface area contributed by atoms with E-state index < -0.39 is 0 Å². The first-order valence-electron chi connectivity index (χ1n) is 18.1. The third-order valence-electron chi connectivity index (χ3n) is 10.6. The first-order valence-corrected chi connectivity index (χ1v) is 18.1. The molecule has 52 heavy (non-hydrogen) atoms. The number of amidine groups is 2. The Morgan fingerprint density at radius 1 is 0.615 bits per heavy atom. The highest BCUT2D eigenvalue weighted by molar-refractivity contribution is 6.23. The number of benzene rings is 6. The Hall–Kier alpha value is -6.46. The summed E-state index contributed by atoms with van der Waals surface area (Å²) in [5.41, 5.74) is 10.3. The van der Waals surface area contributed by atoms with Gasteiger partial charge in [0, 0.05) is 51.1 Å². The van der Waals surface area contributed by atoms with Gasteiger partial charge in [0.2, 0.25) is 0 Å². The van der Waals surface area contributed by atoms with E-state index in [4.69, 9.17) is 9.98 Å². The Kier molecular flexibility index (Phi) is 7.07. The number of fused-ring (bicyclic) bond motifs is 6. The van der Waals surface area contributed by atoms with Crippen LogP contribution in [0.2, 0.25) is 0 Å². The Morgan fingerprint density at radius 3 is 2.08 bits per heavy atom. The number of aromatic nitrogens is 2. The van der Waals surface area contributed by atoms with Gasteiger partial charge >= 0.3 is 0 Å². The van der Waals surface area contributed by atoms with Crippen LogP contribution in [-0.4, -0.2) is 32.8 Å². The van der Waals surface area contributed by atoms with E-state index in [0.717, 1.165) is 56.9 Å². The number of hydrogen-bond donors (Lipinski definition) is 0. The molecule has 8 aromatic rings. The van der Waals surface area contributed by atoms with Crippen LogP contribution < -0.4 is 0 Å². The molecule has 0 radical (unpaired) electrons. The Labute approximate surface area is 302 Å². The van der Waals surface area contributed by atoms with Crippen molar-refractivity contribution in [2.45, 2.75) is 19.5 Å². The molecule has 0 N–H and O–H groups in total. The lowest BCUT2D eigenvalue weighted by molar-refractivity contribution is 0.383. The van der Waals surface area contributed by atoms with E-state index in [9.17, 15) is 0 Å². The van der Waals surface area contributed by atoms with Gasteiger partial charge in [-0.15, -0.1) is 0 Å². The number of allylic oxidation sites excluding steroid dienone is 4. The number of rotatable bonds is 5. The van der Waals surface area contributed by atoms with Crippen molar-refractivity contribution in [3.63, 3.8) is 0 Å². The van der Waals surface area contributed by atoms with Crippen molar-refractivity contribution in [3.05, 3.63) is 181 Å². The predicted octanol–water partition coefficient (Wildman–Crippen LogP) is 11.2. The van der Waals surface area contributed by atoms with Crippen LogP contribution in [0.3, 0.4) is 0 Å². The van der Waals surface area contributed by atoms with Gasteiger partial charge in [-0.05, 0) is 60.4 Å². The Morgan fingerprint density at radius 2 is 1.29 bits per heavy atom. The lowest BCUT2D eigenvalue weighted by Gasteiger charge is -2.32. The zero-order valence-corrected chi connectivity index (χ0v) is 29.2. The molecule has 0 fully saturated rings. The topological polar surface area (TPSA) is 37.8 Å². The van der Waals surface area contributed by atoms with Crippen molar-refractivity contribution in [1.29, 1.82) is 0 Å². The van der Waals surface area contributed by atoms with Crippen LogP contribution in [0.4, 0.5) is 0 Å². The highest BCUT2D eigenvalue weighted by Crippen LogP contribution is 2.39.